The Labute approximate surface area is 155 Å². The van der Waals surface area contributed by atoms with Gasteiger partial charge < -0.3 is 5.32 Å². The van der Waals surface area contributed by atoms with Crippen LogP contribution < -0.4 is 10.9 Å². The topological polar surface area (TPSA) is 64.0 Å². The van der Waals surface area contributed by atoms with Crippen molar-refractivity contribution in [3.05, 3.63) is 62.8 Å². The molecule has 0 fully saturated rings. The zero-order chi connectivity index (χ0) is 21.3. The van der Waals surface area contributed by atoms with Crippen LogP contribution in [0, 0.1) is 13.8 Å². The predicted molar refractivity (Wildman–Crippen MR) is 86.8 cm³/mol. The second-order valence-corrected chi connectivity index (χ2v) is 6.00. The first-order chi connectivity index (χ1) is 12.8. The van der Waals surface area contributed by atoms with Crippen molar-refractivity contribution >= 4 is 5.91 Å². The summed E-state index contributed by atoms with van der Waals surface area (Å²) in [7, 11) is 0. The van der Waals surface area contributed by atoms with E-state index in [1.54, 1.807) is 13.8 Å². The number of alkyl halides is 6. The molecule has 0 unspecified atom stereocenters. The molecule has 2 aromatic rings. The summed E-state index contributed by atoms with van der Waals surface area (Å²) in [6.45, 7) is 2.94. The smallest absolute Gasteiger partial charge is 0.350 e. The molecule has 0 aliphatic rings. The maximum Gasteiger partial charge on any atom is 0.416 e. The van der Waals surface area contributed by atoms with Crippen molar-refractivity contribution in [2.24, 2.45) is 0 Å². The van der Waals surface area contributed by atoms with E-state index in [2.05, 4.69) is 10.3 Å². The molecule has 1 heterocycles. The molecule has 152 valence electrons. The summed E-state index contributed by atoms with van der Waals surface area (Å²) in [4.78, 5) is 28.0. The summed E-state index contributed by atoms with van der Waals surface area (Å²) < 4.78 is 78.2. The highest BCUT2D eigenvalue weighted by atomic mass is 19.4. The fourth-order valence-electron chi connectivity index (χ4n) is 2.31. The normalized spacial score (nSPS) is 12.1. The van der Waals surface area contributed by atoms with Crippen molar-refractivity contribution in [1.82, 2.24) is 14.9 Å². The van der Waals surface area contributed by atoms with Crippen molar-refractivity contribution < 1.29 is 31.1 Å². The fraction of sp³-hybridized carbons (Fsp3) is 0.353. The number of halogens is 6. The van der Waals surface area contributed by atoms with Gasteiger partial charge in [0.15, 0.2) is 0 Å². The molecule has 11 heteroatoms. The maximum absolute atomic E-state index is 12.8. The summed E-state index contributed by atoms with van der Waals surface area (Å²) in [5.41, 5.74) is -3.40. The molecule has 0 aliphatic heterocycles. The molecular weight excluding hydrogens is 392 g/mol. The number of aryl methyl sites for hydroxylation is 1. The van der Waals surface area contributed by atoms with Crippen LogP contribution in [0.3, 0.4) is 0 Å². The van der Waals surface area contributed by atoms with Gasteiger partial charge in [-0.05, 0) is 32.0 Å². The van der Waals surface area contributed by atoms with E-state index in [9.17, 15) is 35.9 Å². The third-order valence-corrected chi connectivity index (χ3v) is 4.00. The second kappa shape index (κ2) is 7.64. The van der Waals surface area contributed by atoms with Crippen LogP contribution in [0.2, 0.25) is 0 Å². The lowest BCUT2D eigenvalue weighted by molar-refractivity contribution is -0.143. The molecule has 2 rings (SSSR count). The van der Waals surface area contributed by atoms with Crippen LogP contribution in [0.4, 0.5) is 26.3 Å². The summed E-state index contributed by atoms with van der Waals surface area (Å²) in [6, 6.07) is 0.625. The van der Waals surface area contributed by atoms with Gasteiger partial charge in [0.05, 0.1) is 17.5 Å². The summed E-state index contributed by atoms with van der Waals surface area (Å²) in [6.07, 6.45) is -8.85. The SMILES string of the molecule is Cc1ncn(CCNC(=O)c2cc(C(F)(F)F)cc(C(F)(F)F)c2)c(=O)c1C. The number of benzene rings is 1. The molecular formula is C17H15F6N3O2. The predicted octanol–water partition coefficient (Wildman–Crippen LogP) is 3.33. The van der Waals surface area contributed by atoms with E-state index in [0.717, 1.165) is 0 Å². The molecule has 0 spiro atoms. The standard InChI is InChI=1S/C17H15F6N3O2/c1-9-10(2)25-8-26(15(9)28)4-3-24-14(27)11-5-12(16(18,19)20)7-13(6-11)17(21,22)23/h5-8H,3-4H2,1-2H3,(H,24,27). The number of nitrogens with one attached hydrogen (secondary N) is 1. The molecule has 1 amide bonds. The average molecular weight is 407 g/mol. The second-order valence-electron chi connectivity index (χ2n) is 6.00. The summed E-state index contributed by atoms with van der Waals surface area (Å²) in [5, 5.41) is 2.20. The van der Waals surface area contributed by atoms with E-state index < -0.39 is 35.0 Å². The molecule has 0 atom stereocenters. The number of carbonyl (C=O) groups excluding carboxylic acids is 1. The molecule has 1 aromatic heterocycles. The Morgan fingerprint density at radius 3 is 2.07 bits per heavy atom. The zero-order valence-corrected chi connectivity index (χ0v) is 14.7. The summed E-state index contributed by atoms with van der Waals surface area (Å²) >= 11 is 0. The third-order valence-electron chi connectivity index (χ3n) is 4.00. The number of nitrogens with zero attached hydrogens (tertiary/aromatic N) is 2. The third kappa shape index (κ3) is 4.90. The van der Waals surface area contributed by atoms with Gasteiger partial charge in [-0.15, -0.1) is 0 Å². The van der Waals surface area contributed by atoms with Crippen LogP contribution in [-0.2, 0) is 18.9 Å². The molecule has 5 nitrogen and oxygen atoms in total. The quantitative estimate of drug-likeness (QED) is 0.791. The average Bonchev–Trinajstić information content (AvgIpc) is 2.59. The molecule has 0 bridgehead atoms. The van der Waals surface area contributed by atoms with E-state index >= 15 is 0 Å². The van der Waals surface area contributed by atoms with Crippen molar-refractivity contribution in [1.29, 1.82) is 0 Å². The lowest BCUT2D eigenvalue weighted by Gasteiger charge is -2.14. The number of amides is 1. The van der Waals surface area contributed by atoms with E-state index in [4.69, 9.17) is 0 Å². The molecule has 0 aliphatic carbocycles. The minimum atomic E-state index is -5.05. The molecule has 0 radical (unpaired) electrons. The van der Waals surface area contributed by atoms with E-state index in [0.29, 0.717) is 23.4 Å². The Morgan fingerprint density at radius 2 is 1.57 bits per heavy atom. The molecule has 0 saturated heterocycles. The van der Waals surface area contributed by atoms with Gasteiger partial charge in [0.2, 0.25) is 0 Å². The van der Waals surface area contributed by atoms with Gasteiger partial charge in [0, 0.05) is 29.9 Å². The molecule has 0 saturated carbocycles. The fourth-order valence-corrected chi connectivity index (χ4v) is 2.31. The van der Waals surface area contributed by atoms with Gasteiger partial charge in [-0.2, -0.15) is 26.3 Å². The van der Waals surface area contributed by atoms with Crippen LogP contribution >= 0.6 is 0 Å². The first-order valence-electron chi connectivity index (χ1n) is 7.91. The van der Waals surface area contributed by atoms with Crippen LogP contribution in [-0.4, -0.2) is 22.0 Å². The van der Waals surface area contributed by atoms with Gasteiger partial charge in [-0.3, -0.25) is 14.2 Å². The molecule has 1 N–H and O–H groups in total. The minimum absolute atomic E-state index is 0.0518. The van der Waals surface area contributed by atoms with E-state index in [-0.39, 0.29) is 24.7 Å². The minimum Gasteiger partial charge on any atom is -0.350 e. The summed E-state index contributed by atoms with van der Waals surface area (Å²) in [5.74, 6) is -1.12. The first-order valence-corrected chi connectivity index (χ1v) is 7.91. The Kier molecular flexibility index (Phi) is 5.86. The highest BCUT2D eigenvalue weighted by Gasteiger charge is 2.37. The number of hydrogen-bond acceptors (Lipinski definition) is 3. The van der Waals surface area contributed by atoms with Crippen LogP contribution in [0.5, 0.6) is 0 Å². The monoisotopic (exact) mass is 407 g/mol. The number of rotatable bonds is 4. The highest BCUT2D eigenvalue weighted by molar-refractivity contribution is 5.94. The van der Waals surface area contributed by atoms with Crippen LogP contribution in [0.1, 0.15) is 32.7 Å². The van der Waals surface area contributed by atoms with Gasteiger partial charge in [-0.25, -0.2) is 4.98 Å². The maximum atomic E-state index is 12.8. The zero-order valence-electron chi connectivity index (χ0n) is 14.7. The Hall–Kier alpha value is -2.85. The highest BCUT2D eigenvalue weighted by Crippen LogP contribution is 2.36. The first kappa shape index (κ1) is 21.5. The van der Waals surface area contributed by atoms with Gasteiger partial charge >= 0.3 is 12.4 Å². The Balaban J connectivity index is 2.20. The molecule has 28 heavy (non-hydrogen) atoms. The van der Waals surface area contributed by atoms with Gasteiger partial charge in [0.1, 0.15) is 0 Å². The lowest BCUT2D eigenvalue weighted by atomic mass is 10.0. The van der Waals surface area contributed by atoms with Crippen molar-refractivity contribution in [3.8, 4) is 0 Å². The molecule has 1 aromatic carbocycles. The van der Waals surface area contributed by atoms with Crippen LogP contribution in [0.15, 0.2) is 29.3 Å². The lowest BCUT2D eigenvalue weighted by Crippen LogP contribution is -2.32. The van der Waals surface area contributed by atoms with Crippen LogP contribution in [0.25, 0.3) is 0 Å². The van der Waals surface area contributed by atoms with Crippen molar-refractivity contribution in [2.75, 3.05) is 6.54 Å². The number of carbonyl (C=O) groups is 1. The van der Waals surface area contributed by atoms with Gasteiger partial charge in [-0.1, -0.05) is 0 Å². The largest absolute Gasteiger partial charge is 0.416 e. The Bertz CT molecular complexity index is 915. The number of aromatic nitrogens is 2. The Morgan fingerprint density at radius 1 is 1.04 bits per heavy atom. The van der Waals surface area contributed by atoms with E-state index in [1.165, 1.54) is 10.9 Å². The van der Waals surface area contributed by atoms with Gasteiger partial charge in [0.25, 0.3) is 11.5 Å². The van der Waals surface area contributed by atoms with Crippen molar-refractivity contribution in [2.45, 2.75) is 32.7 Å². The van der Waals surface area contributed by atoms with Crippen molar-refractivity contribution in [3.63, 3.8) is 0 Å². The number of hydrogen-bond donors (Lipinski definition) is 1. The van der Waals surface area contributed by atoms with E-state index in [1.807, 2.05) is 0 Å².